The number of ether oxygens (including phenoxy) is 1. The Morgan fingerprint density at radius 2 is 1.78 bits per heavy atom. The van der Waals surface area contributed by atoms with E-state index in [9.17, 15) is 9.59 Å². The van der Waals surface area contributed by atoms with Crippen molar-refractivity contribution < 1.29 is 19.4 Å². The topological polar surface area (TPSA) is 75.6 Å². The van der Waals surface area contributed by atoms with Gasteiger partial charge in [-0.15, -0.1) is 0 Å². The lowest BCUT2D eigenvalue weighted by Gasteiger charge is -2.09. The number of halogens is 1. The highest BCUT2D eigenvalue weighted by atomic mass is 35.5. The van der Waals surface area contributed by atoms with E-state index in [0.717, 1.165) is 6.42 Å². The molecule has 0 atom stereocenters. The molecule has 0 unspecified atom stereocenters. The largest absolute Gasteiger partial charge is 0.494 e. The van der Waals surface area contributed by atoms with Crippen molar-refractivity contribution >= 4 is 29.2 Å². The van der Waals surface area contributed by atoms with Crippen LogP contribution in [0, 0.1) is 0 Å². The molecule has 5 nitrogen and oxygen atoms in total. The van der Waals surface area contributed by atoms with Crippen LogP contribution in [-0.4, -0.2) is 23.6 Å². The Hall–Kier alpha value is -2.53. The van der Waals surface area contributed by atoms with Gasteiger partial charge in [-0.05, 0) is 48.9 Å². The zero-order valence-corrected chi connectivity index (χ0v) is 13.3. The van der Waals surface area contributed by atoms with Crippen LogP contribution in [-0.2, 0) is 0 Å². The second-order valence-corrected chi connectivity index (χ2v) is 5.23. The quantitative estimate of drug-likeness (QED) is 0.835. The molecule has 0 radical (unpaired) electrons. The standard InChI is InChI=1S/C17H16ClNO4/c1-2-9-23-13-6-3-11(4-7-13)16(20)19-15-10-12(17(21)22)5-8-14(15)18/h3-8,10H,2,9H2,1H3,(H,19,20)(H,21,22). The summed E-state index contributed by atoms with van der Waals surface area (Å²) in [5, 5.41) is 11.9. The fourth-order valence-electron chi connectivity index (χ4n) is 1.87. The molecule has 0 aliphatic rings. The van der Waals surface area contributed by atoms with E-state index >= 15 is 0 Å². The molecule has 0 aliphatic carbocycles. The summed E-state index contributed by atoms with van der Waals surface area (Å²) in [5.41, 5.74) is 0.724. The molecule has 2 aromatic carbocycles. The molecule has 0 heterocycles. The Labute approximate surface area is 138 Å². The summed E-state index contributed by atoms with van der Waals surface area (Å²) in [4.78, 5) is 23.2. The van der Waals surface area contributed by atoms with Gasteiger partial charge in [-0.25, -0.2) is 4.79 Å². The maximum absolute atomic E-state index is 12.2. The number of benzene rings is 2. The zero-order valence-electron chi connectivity index (χ0n) is 12.5. The Balaban J connectivity index is 2.12. The number of amides is 1. The van der Waals surface area contributed by atoms with Gasteiger partial charge in [0.05, 0.1) is 22.9 Å². The molecule has 0 fully saturated rings. The van der Waals surface area contributed by atoms with Crippen molar-refractivity contribution in [2.45, 2.75) is 13.3 Å². The van der Waals surface area contributed by atoms with Crippen LogP contribution < -0.4 is 10.1 Å². The van der Waals surface area contributed by atoms with E-state index in [1.165, 1.54) is 18.2 Å². The molecule has 1 amide bonds. The highest BCUT2D eigenvalue weighted by molar-refractivity contribution is 6.34. The molecule has 6 heteroatoms. The Bertz CT molecular complexity index is 713. The Morgan fingerprint density at radius 1 is 1.13 bits per heavy atom. The van der Waals surface area contributed by atoms with Crippen molar-refractivity contribution in [2.24, 2.45) is 0 Å². The van der Waals surface area contributed by atoms with E-state index in [1.807, 2.05) is 6.92 Å². The predicted molar refractivity (Wildman–Crippen MR) is 88.6 cm³/mol. The van der Waals surface area contributed by atoms with Gasteiger partial charge in [0.1, 0.15) is 5.75 Å². The van der Waals surface area contributed by atoms with Crippen molar-refractivity contribution in [3.05, 3.63) is 58.6 Å². The molecule has 0 aromatic heterocycles. The SMILES string of the molecule is CCCOc1ccc(C(=O)Nc2cc(C(=O)O)ccc2Cl)cc1. The molecule has 0 saturated heterocycles. The van der Waals surface area contributed by atoms with Gasteiger partial charge in [-0.3, -0.25) is 4.79 Å². The van der Waals surface area contributed by atoms with Crippen LogP contribution in [0.2, 0.25) is 5.02 Å². The van der Waals surface area contributed by atoms with Crippen molar-refractivity contribution in [1.29, 1.82) is 0 Å². The zero-order chi connectivity index (χ0) is 16.8. The molecule has 0 bridgehead atoms. The van der Waals surface area contributed by atoms with E-state index in [0.29, 0.717) is 17.9 Å². The Kier molecular flexibility index (Phi) is 5.60. The molecule has 2 rings (SSSR count). The average molecular weight is 334 g/mol. The van der Waals surface area contributed by atoms with Crippen LogP contribution in [0.25, 0.3) is 0 Å². The number of hydrogen-bond donors (Lipinski definition) is 2. The number of aromatic carboxylic acids is 1. The lowest BCUT2D eigenvalue weighted by molar-refractivity contribution is 0.0696. The van der Waals surface area contributed by atoms with Crippen LogP contribution in [0.5, 0.6) is 5.75 Å². The maximum atomic E-state index is 12.2. The predicted octanol–water partition coefficient (Wildman–Crippen LogP) is 4.08. The fourth-order valence-corrected chi connectivity index (χ4v) is 2.04. The smallest absolute Gasteiger partial charge is 0.335 e. The normalized spacial score (nSPS) is 10.2. The minimum Gasteiger partial charge on any atom is -0.494 e. The van der Waals surface area contributed by atoms with Crippen LogP contribution in [0.4, 0.5) is 5.69 Å². The van der Waals surface area contributed by atoms with Crippen LogP contribution in [0.3, 0.4) is 0 Å². The number of carbonyl (C=O) groups is 2. The number of carboxylic acid groups (broad SMARTS) is 1. The highest BCUT2D eigenvalue weighted by Crippen LogP contribution is 2.24. The van der Waals surface area contributed by atoms with Gasteiger partial charge in [0, 0.05) is 5.56 Å². The van der Waals surface area contributed by atoms with E-state index < -0.39 is 5.97 Å². The van der Waals surface area contributed by atoms with Crippen molar-refractivity contribution in [3.63, 3.8) is 0 Å². The molecule has 0 spiro atoms. The summed E-state index contributed by atoms with van der Waals surface area (Å²) in [6, 6.07) is 10.8. The van der Waals surface area contributed by atoms with Crippen molar-refractivity contribution in [3.8, 4) is 5.75 Å². The third-order valence-electron chi connectivity index (χ3n) is 3.05. The van der Waals surface area contributed by atoms with Gasteiger partial charge in [0.15, 0.2) is 0 Å². The molecule has 0 aliphatic heterocycles. The lowest BCUT2D eigenvalue weighted by Crippen LogP contribution is -2.13. The summed E-state index contributed by atoms with van der Waals surface area (Å²) in [5.74, 6) is -0.777. The first-order chi connectivity index (χ1) is 11.0. The molecule has 120 valence electrons. The van der Waals surface area contributed by atoms with Crippen LogP contribution in [0.1, 0.15) is 34.1 Å². The number of nitrogens with one attached hydrogen (secondary N) is 1. The fraction of sp³-hybridized carbons (Fsp3) is 0.176. The number of anilines is 1. The highest BCUT2D eigenvalue weighted by Gasteiger charge is 2.11. The molecule has 0 saturated carbocycles. The number of hydrogen-bond acceptors (Lipinski definition) is 3. The van der Waals surface area contributed by atoms with Gasteiger partial charge in [0.25, 0.3) is 5.91 Å². The van der Waals surface area contributed by atoms with Gasteiger partial charge in [-0.1, -0.05) is 18.5 Å². The number of rotatable bonds is 6. The van der Waals surface area contributed by atoms with E-state index in [2.05, 4.69) is 5.32 Å². The van der Waals surface area contributed by atoms with Crippen molar-refractivity contribution in [1.82, 2.24) is 0 Å². The lowest BCUT2D eigenvalue weighted by atomic mass is 10.1. The summed E-state index contributed by atoms with van der Waals surface area (Å²) >= 11 is 5.99. The Morgan fingerprint density at radius 3 is 2.39 bits per heavy atom. The van der Waals surface area contributed by atoms with E-state index in [1.54, 1.807) is 24.3 Å². The first kappa shape index (κ1) is 16.8. The van der Waals surface area contributed by atoms with E-state index in [-0.39, 0.29) is 22.2 Å². The molecule has 23 heavy (non-hydrogen) atoms. The summed E-state index contributed by atoms with van der Waals surface area (Å²) in [6.45, 7) is 2.62. The summed E-state index contributed by atoms with van der Waals surface area (Å²) in [7, 11) is 0. The first-order valence-electron chi connectivity index (χ1n) is 7.08. The van der Waals surface area contributed by atoms with Gasteiger partial charge >= 0.3 is 5.97 Å². The summed E-state index contributed by atoms with van der Waals surface area (Å²) in [6.07, 6.45) is 0.903. The second-order valence-electron chi connectivity index (χ2n) is 4.83. The third kappa shape index (κ3) is 4.47. The van der Waals surface area contributed by atoms with Gasteiger partial charge < -0.3 is 15.2 Å². The minimum atomic E-state index is -1.09. The molecular weight excluding hydrogens is 318 g/mol. The minimum absolute atomic E-state index is 0.0491. The van der Waals surface area contributed by atoms with Crippen molar-refractivity contribution in [2.75, 3.05) is 11.9 Å². The third-order valence-corrected chi connectivity index (χ3v) is 3.38. The average Bonchev–Trinajstić information content (AvgIpc) is 2.55. The molecule has 2 N–H and O–H groups in total. The van der Waals surface area contributed by atoms with Crippen LogP contribution >= 0.6 is 11.6 Å². The monoisotopic (exact) mass is 333 g/mol. The maximum Gasteiger partial charge on any atom is 0.335 e. The molecular formula is C17H16ClNO4. The number of carboxylic acids is 1. The van der Waals surface area contributed by atoms with Crippen LogP contribution in [0.15, 0.2) is 42.5 Å². The van der Waals surface area contributed by atoms with Gasteiger partial charge in [0.2, 0.25) is 0 Å². The molecule has 2 aromatic rings. The first-order valence-corrected chi connectivity index (χ1v) is 7.46. The second kappa shape index (κ2) is 7.65. The van der Waals surface area contributed by atoms with Gasteiger partial charge in [-0.2, -0.15) is 0 Å². The number of carbonyl (C=O) groups excluding carboxylic acids is 1. The van der Waals surface area contributed by atoms with E-state index in [4.69, 9.17) is 21.4 Å². The summed E-state index contributed by atoms with van der Waals surface area (Å²) < 4.78 is 5.45.